The van der Waals surface area contributed by atoms with Gasteiger partial charge in [-0.2, -0.15) is 8.78 Å². The number of rotatable bonds is 14. The molecule has 0 bridgehead atoms. The van der Waals surface area contributed by atoms with Crippen LogP contribution in [-0.2, 0) is 17.6 Å². The lowest BCUT2D eigenvalue weighted by Gasteiger charge is -2.26. The third kappa shape index (κ3) is 7.84. The number of thiophene rings is 1. The molecule has 0 aliphatic carbocycles. The molecule has 192 valence electrons. The first-order valence-corrected chi connectivity index (χ1v) is 13.2. The molecule has 0 unspecified atom stereocenters. The number of hydrogen-bond acceptors (Lipinski definition) is 4. The van der Waals surface area contributed by atoms with Crippen LogP contribution in [0.25, 0.3) is 0 Å². The highest BCUT2D eigenvalue weighted by atomic mass is 32.1. The number of carbonyl (C=O) groups excluding carboxylic acids is 1. The highest BCUT2D eigenvalue weighted by Crippen LogP contribution is 2.36. The van der Waals surface area contributed by atoms with Crippen molar-refractivity contribution in [2.45, 2.75) is 82.8 Å². The Morgan fingerprint density at radius 3 is 2.54 bits per heavy atom. The number of carboxylic acids is 1. The Labute approximate surface area is 209 Å². The van der Waals surface area contributed by atoms with Gasteiger partial charge in [-0.1, -0.05) is 43.7 Å². The van der Waals surface area contributed by atoms with E-state index in [2.05, 4.69) is 12.1 Å². The second-order valence-corrected chi connectivity index (χ2v) is 10.8. The first-order valence-electron chi connectivity index (χ1n) is 12.4. The van der Waals surface area contributed by atoms with Crippen LogP contribution >= 0.6 is 11.3 Å². The molecule has 1 amide bonds. The summed E-state index contributed by atoms with van der Waals surface area (Å²) in [6.07, 6.45) is 4.56. The molecule has 1 aliphatic heterocycles. The van der Waals surface area contributed by atoms with Crippen LogP contribution in [0, 0.1) is 5.92 Å². The fourth-order valence-electron chi connectivity index (χ4n) is 4.74. The van der Waals surface area contributed by atoms with Crippen LogP contribution < -0.4 is 0 Å². The zero-order valence-electron chi connectivity index (χ0n) is 20.2. The van der Waals surface area contributed by atoms with E-state index < -0.39 is 36.4 Å². The van der Waals surface area contributed by atoms with Crippen LogP contribution in [0.3, 0.4) is 0 Å². The Balaban J connectivity index is 1.42. The SMILES string of the molecule is C[C@@H](CCCCc1ccccc1)[C@H](O)CC[C@H]1CC(F)(F)C(=O)N1CCCc1ccc(C(=O)O)s1. The molecule has 1 aromatic heterocycles. The Hall–Kier alpha value is -2.32. The number of likely N-dealkylation sites (tertiary alicyclic amines) is 1. The second-order valence-electron chi connectivity index (χ2n) is 9.59. The molecule has 2 N–H and O–H groups in total. The Kier molecular flexibility index (Phi) is 9.80. The van der Waals surface area contributed by atoms with Crippen LogP contribution in [0.2, 0.25) is 0 Å². The average Bonchev–Trinajstić information content (AvgIpc) is 3.39. The average molecular weight is 508 g/mol. The fourth-order valence-corrected chi connectivity index (χ4v) is 5.63. The standard InChI is InChI=1S/C27H35F2NO4S/c1-19(8-5-6-11-20-9-3-2-4-10-20)23(31)15-13-21-18-27(28,29)26(34)30(21)17-7-12-22-14-16-24(35-22)25(32)33/h2-4,9-10,14,16,19,21,23,31H,5-8,11-13,15,17-18H2,1H3,(H,32,33)/t19-,21-,23+/m0/s1. The second kappa shape index (κ2) is 12.6. The minimum Gasteiger partial charge on any atom is -0.477 e. The molecule has 1 saturated heterocycles. The topological polar surface area (TPSA) is 77.8 Å². The van der Waals surface area contributed by atoms with Gasteiger partial charge in [0.1, 0.15) is 4.88 Å². The summed E-state index contributed by atoms with van der Waals surface area (Å²) >= 11 is 1.16. The molecular weight excluding hydrogens is 472 g/mol. The molecule has 1 aliphatic rings. The molecule has 5 nitrogen and oxygen atoms in total. The Morgan fingerprint density at radius 2 is 1.86 bits per heavy atom. The Bertz CT molecular complexity index is 965. The van der Waals surface area contributed by atoms with E-state index in [-0.39, 0.29) is 17.3 Å². The smallest absolute Gasteiger partial charge is 0.345 e. The van der Waals surface area contributed by atoms with E-state index in [4.69, 9.17) is 5.11 Å². The van der Waals surface area contributed by atoms with Gasteiger partial charge >= 0.3 is 11.9 Å². The van der Waals surface area contributed by atoms with Crippen molar-refractivity contribution in [2.24, 2.45) is 5.92 Å². The van der Waals surface area contributed by atoms with Gasteiger partial charge in [-0.3, -0.25) is 4.79 Å². The highest BCUT2D eigenvalue weighted by Gasteiger charge is 2.52. The number of amides is 1. The molecular formula is C27H35F2NO4S. The number of alkyl halides is 2. The lowest BCUT2D eigenvalue weighted by atomic mass is 9.92. The van der Waals surface area contributed by atoms with Gasteiger partial charge in [-0.25, -0.2) is 4.79 Å². The molecule has 35 heavy (non-hydrogen) atoms. The monoisotopic (exact) mass is 507 g/mol. The van der Waals surface area contributed by atoms with E-state index in [1.54, 1.807) is 6.07 Å². The van der Waals surface area contributed by atoms with Crippen LogP contribution in [0.1, 0.15) is 72.0 Å². The predicted molar refractivity (Wildman–Crippen MR) is 133 cm³/mol. The molecule has 3 atom stereocenters. The van der Waals surface area contributed by atoms with Crippen molar-refractivity contribution < 1.29 is 28.6 Å². The zero-order chi connectivity index (χ0) is 25.4. The van der Waals surface area contributed by atoms with Crippen molar-refractivity contribution in [3.05, 3.63) is 57.8 Å². The van der Waals surface area contributed by atoms with Crippen molar-refractivity contribution in [1.82, 2.24) is 4.90 Å². The van der Waals surface area contributed by atoms with Gasteiger partial charge in [-0.15, -0.1) is 11.3 Å². The van der Waals surface area contributed by atoms with Gasteiger partial charge in [0.15, 0.2) is 0 Å². The van der Waals surface area contributed by atoms with Crippen molar-refractivity contribution in [2.75, 3.05) is 6.54 Å². The normalized spacial score (nSPS) is 19.1. The number of aryl methyl sites for hydroxylation is 2. The number of aliphatic hydroxyl groups is 1. The summed E-state index contributed by atoms with van der Waals surface area (Å²) in [5, 5.41) is 19.6. The summed E-state index contributed by atoms with van der Waals surface area (Å²) < 4.78 is 28.4. The minimum atomic E-state index is -3.36. The van der Waals surface area contributed by atoms with E-state index >= 15 is 0 Å². The van der Waals surface area contributed by atoms with Crippen molar-refractivity contribution >= 4 is 23.2 Å². The maximum absolute atomic E-state index is 14.2. The maximum atomic E-state index is 14.2. The minimum absolute atomic E-state index is 0.0686. The molecule has 0 spiro atoms. The summed E-state index contributed by atoms with van der Waals surface area (Å²) in [7, 11) is 0. The largest absolute Gasteiger partial charge is 0.477 e. The number of unbranched alkanes of at least 4 members (excludes halogenated alkanes) is 1. The predicted octanol–water partition coefficient (Wildman–Crippen LogP) is 5.81. The molecule has 3 rings (SSSR count). The van der Waals surface area contributed by atoms with Crippen molar-refractivity contribution in [3.63, 3.8) is 0 Å². The van der Waals surface area contributed by atoms with Gasteiger partial charge in [0, 0.05) is 23.9 Å². The number of halogens is 2. The maximum Gasteiger partial charge on any atom is 0.345 e. The third-order valence-electron chi connectivity index (χ3n) is 6.87. The van der Waals surface area contributed by atoms with Crippen LogP contribution in [0.5, 0.6) is 0 Å². The molecule has 8 heteroatoms. The summed E-state index contributed by atoms with van der Waals surface area (Å²) in [6.45, 7) is 2.19. The molecule has 1 fully saturated rings. The molecule has 1 aromatic carbocycles. The van der Waals surface area contributed by atoms with Gasteiger partial charge in [-0.05, 0) is 68.6 Å². The molecule has 2 heterocycles. The molecule has 2 aromatic rings. The number of nitrogens with zero attached hydrogens (tertiary/aromatic N) is 1. The van der Waals surface area contributed by atoms with Crippen LogP contribution in [-0.4, -0.2) is 51.6 Å². The van der Waals surface area contributed by atoms with E-state index in [1.807, 2.05) is 25.1 Å². The van der Waals surface area contributed by atoms with Gasteiger partial charge < -0.3 is 15.1 Å². The lowest BCUT2D eigenvalue weighted by molar-refractivity contribution is -0.148. The number of aromatic carboxylic acids is 1. The van der Waals surface area contributed by atoms with E-state index in [9.17, 15) is 23.5 Å². The van der Waals surface area contributed by atoms with E-state index in [1.165, 1.54) is 16.5 Å². The molecule has 0 radical (unpaired) electrons. The lowest BCUT2D eigenvalue weighted by Crippen LogP contribution is -2.37. The van der Waals surface area contributed by atoms with E-state index in [0.29, 0.717) is 25.7 Å². The van der Waals surface area contributed by atoms with Gasteiger partial charge in [0.25, 0.3) is 5.91 Å². The zero-order valence-corrected chi connectivity index (χ0v) is 21.0. The highest BCUT2D eigenvalue weighted by molar-refractivity contribution is 7.13. The number of carboxylic acid groups (broad SMARTS) is 1. The van der Waals surface area contributed by atoms with Crippen LogP contribution in [0.15, 0.2) is 42.5 Å². The van der Waals surface area contributed by atoms with E-state index in [0.717, 1.165) is 41.9 Å². The number of carbonyl (C=O) groups is 2. The summed E-state index contributed by atoms with van der Waals surface area (Å²) in [5.41, 5.74) is 1.30. The Morgan fingerprint density at radius 1 is 1.11 bits per heavy atom. The number of benzene rings is 1. The van der Waals surface area contributed by atoms with Crippen molar-refractivity contribution in [3.8, 4) is 0 Å². The van der Waals surface area contributed by atoms with Gasteiger partial charge in [0.05, 0.1) is 6.10 Å². The third-order valence-corrected chi connectivity index (χ3v) is 8.00. The first kappa shape index (κ1) is 27.3. The molecule has 0 saturated carbocycles. The number of hydrogen-bond donors (Lipinski definition) is 2. The van der Waals surface area contributed by atoms with Gasteiger partial charge in [0.2, 0.25) is 0 Å². The summed E-state index contributed by atoms with van der Waals surface area (Å²) in [5.74, 6) is -5.42. The van der Waals surface area contributed by atoms with Crippen LogP contribution in [0.4, 0.5) is 8.78 Å². The summed E-state index contributed by atoms with van der Waals surface area (Å²) in [4.78, 5) is 25.7. The quantitative estimate of drug-likeness (QED) is 0.317. The van der Waals surface area contributed by atoms with Crippen molar-refractivity contribution in [1.29, 1.82) is 0 Å². The fraction of sp³-hybridized carbons (Fsp3) is 0.556. The number of aliphatic hydroxyl groups excluding tert-OH is 1. The first-order chi connectivity index (χ1) is 16.7. The summed E-state index contributed by atoms with van der Waals surface area (Å²) in [6, 6.07) is 12.9.